The number of rotatable bonds is 3. The van der Waals surface area contributed by atoms with Crippen LogP contribution < -0.4 is 5.32 Å². The van der Waals surface area contributed by atoms with E-state index in [1.807, 2.05) is 4.90 Å². The number of ether oxygens (including phenoxy) is 1. The number of alkyl halides is 3. The zero-order valence-corrected chi connectivity index (χ0v) is 15.9. The molecular formula is C21H23F3N2O3. The summed E-state index contributed by atoms with van der Waals surface area (Å²) in [5.74, 6) is -0.0193. The number of likely N-dealkylation sites (tertiary alicyclic amines) is 1. The van der Waals surface area contributed by atoms with Crippen molar-refractivity contribution in [1.82, 2.24) is 10.2 Å². The van der Waals surface area contributed by atoms with Gasteiger partial charge in [0.05, 0.1) is 17.1 Å². The molecule has 29 heavy (non-hydrogen) atoms. The van der Waals surface area contributed by atoms with Crippen molar-refractivity contribution in [3.8, 4) is 0 Å². The van der Waals surface area contributed by atoms with Crippen molar-refractivity contribution in [3.05, 3.63) is 48.0 Å². The fourth-order valence-electron chi connectivity index (χ4n) is 4.75. The van der Waals surface area contributed by atoms with Gasteiger partial charge in [0.15, 0.2) is 0 Å². The molecule has 2 atom stereocenters. The zero-order chi connectivity index (χ0) is 20.8. The first-order valence-electron chi connectivity index (χ1n) is 9.76. The molecule has 1 aliphatic carbocycles. The predicted octanol–water partition coefficient (Wildman–Crippen LogP) is 3.85. The van der Waals surface area contributed by atoms with Crippen molar-refractivity contribution in [3.63, 3.8) is 0 Å². The molecule has 2 saturated heterocycles. The van der Waals surface area contributed by atoms with E-state index < -0.39 is 23.4 Å². The standard InChI is InChI=1S/C21H23F3N2O3/c1-2-17-9-14(13-3-5-16(6-4-13)21(22,23)24)7-8-26(17)18(27)15-10-20(11-15)12-29-19(28)25-20/h2-6,14-15,17H,1,7-12H2,(H,25,28)/t14-,15?,17-,20?/m1/s1. The number of hydrogen-bond acceptors (Lipinski definition) is 3. The fourth-order valence-corrected chi connectivity index (χ4v) is 4.75. The summed E-state index contributed by atoms with van der Waals surface area (Å²) < 4.78 is 43.3. The molecule has 0 unspecified atom stereocenters. The molecule has 1 saturated carbocycles. The van der Waals surface area contributed by atoms with Gasteiger partial charge in [-0.3, -0.25) is 4.79 Å². The van der Waals surface area contributed by atoms with E-state index in [4.69, 9.17) is 4.74 Å². The van der Waals surface area contributed by atoms with Gasteiger partial charge in [-0.25, -0.2) is 4.79 Å². The summed E-state index contributed by atoms with van der Waals surface area (Å²) in [5.41, 5.74) is -0.207. The van der Waals surface area contributed by atoms with Crippen LogP contribution in [-0.4, -0.2) is 41.6 Å². The van der Waals surface area contributed by atoms with Gasteiger partial charge in [0.2, 0.25) is 5.91 Å². The van der Waals surface area contributed by atoms with Crippen LogP contribution in [0.25, 0.3) is 0 Å². The number of piperidine rings is 1. The third-order valence-corrected chi connectivity index (χ3v) is 6.38. The van der Waals surface area contributed by atoms with Crippen LogP contribution in [0.5, 0.6) is 0 Å². The van der Waals surface area contributed by atoms with E-state index in [0.29, 0.717) is 38.8 Å². The van der Waals surface area contributed by atoms with Gasteiger partial charge in [-0.05, 0) is 49.3 Å². The van der Waals surface area contributed by atoms with Gasteiger partial charge in [-0.15, -0.1) is 6.58 Å². The SMILES string of the molecule is C=C[C@@H]1C[C@H](c2ccc(C(F)(F)F)cc2)CCN1C(=O)C1CC2(COC(=O)N2)C1. The lowest BCUT2D eigenvalue weighted by Gasteiger charge is -2.46. The lowest BCUT2D eigenvalue weighted by Crippen LogP contribution is -2.59. The molecule has 4 rings (SSSR count). The second-order valence-electron chi connectivity index (χ2n) is 8.26. The second-order valence-corrected chi connectivity index (χ2v) is 8.26. The van der Waals surface area contributed by atoms with Gasteiger partial charge < -0.3 is 15.0 Å². The van der Waals surface area contributed by atoms with E-state index in [9.17, 15) is 22.8 Å². The summed E-state index contributed by atoms with van der Waals surface area (Å²) in [5, 5.41) is 2.79. The highest BCUT2D eigenvalue weighted by Gasteiger charge is 2.54. The maximum atomic E-state index is 13.0. The minimum atomic E-state index is -4.35. The lowest BCUT2D eigenvalue weighted by molar-refractivity contribution is -0.144. The Morgan fingerprint density at radius 1 is 1.28 bits per heavy atom. The molecule has 1 aromatic carbocycles. The van der Waals surface area contributed by atoms with Gasteiger partial charge in [0.25, 0.3) is 0 Å². The van der Waals surface area contributed by atoms with Crippen molar-refractivity contribution < 1.29 is 27.5 Å². The number of cyclic esters (lactones) is 1. The van der Waals surface area contributed by atoms with Crippen LogP contribution in [0.3, 0.4) is 0 Å². The first-order chi connectivity index (χ1) is 13.7. The average molecular weight is 408 g/mol. The molecule has 0 aromatic heterocycles. The van der Waals surface area contributed by atoms with E-state index in [0.717, 1.165) is 17.7 Å². The number of carbonyl (C=O) groups is 2. The summed E-state index contributed by atoms with van der Waals surface area (Å²) in [7, 11) is 0. The summed E-state index contributed by atoms with van der Waals surface area (Å²) in [6.07, 6.45) is -0.569. The number of halogens is 3. The Kier molecular flexibility index (Phi) is 4.83. The van der Waals surface area contributed by atoms with E-state index in [2.05, 4.69) is 11.9 Å². The third kappa shape index (κ3) is 3.72. The largest absolute Gasteiger partial charge is 0.447 e. The fraction of sp³-hybridized carbons (Fsp3) is 0.524. The molecule has 3 fully saturated rings. The Morgan fingerprint density at radius 2 is 1.97 bits per heavy atom. The molecule has 3 aliphatic rings. The van der Waals surface area contributed by atoms with Crippen molar-refractivity contribution in [2.75, 3.05) is 13.2 Å². The number of carbonyl (C=O) groups excluding carboxylic acids is 2. The molecule has 1 aromatic rings. The second kappa shape index (κ2) is 7.07. The highest BCUT2D eigenvalue weighted by Crippen LogP contribution is 2.43. The molecule has 0 bridgehead atoms. The lowest BCUT2D eigenvalue weighted by atomic mass is 9.68. The number of alkyl carbamates (subject to hydrolysis) is 1. The van der Waals surface area contributed by atoms with Crippen molar-refractivity contribution in [2.45, 2.75) is 49.4 Å². The smallest absolute Gasteiger partial charge is 0.416 e. The molecule has 1 spiro atoms. The maximum absolute atomic E-state index is 13.0. The Balaban J connectivity index is 1.38. The average Bonchev–Trinajstić information content (AvgIpc) is 3.07. The van der Waals surface area contributed by atoms with Crippen LogP contribution in [0.2, 0.25) is 0 Å². The Labute approximate surface area is 166 Å². The van der Waals surface area contributed by atoms with E-state index in [1.54, 1.807) is 6.08 Å². The molecule has 8 heteroatoms. The summed E-state index contributed by atoms with van der Waals surface area (Å²) in [4.78, 5) is 26.1. The molecule has 2 aliphatic heterocycles. The minimum Gasteiger partial charge on any atom is -0.447 e. The van der Waals surface area contributed by atoms with E-state index >= 15 is 0 Å². The van der Waals surface area contributed by atoms with Crippen molar-refractivity contribution in [1.29, 1.82) is 0 Å². The van der Waals surface area contributed by atoms with E-state index in [-0.39, 0.29) is 23.8 Å². The van der Waals surface area contributed by atoms with Gasteiger partial charge >= 0.3 is 12.3 Å². The van der Waals surface area contributed by atoms with Crippen LogP contribution in [0.4, 0.5) is 18.0 Å². The first-order valence-corrected chi connectivity index (χ1v) is 9.76. The number of amides is 2. The topological polar surface area (TPSA) is 58.6 Å². The molecular weight excluding hydrogens is 385 g/mol. The zero-order valence-electron chi connectivity index (χ0n) is 15.9. The Hall–Kier alpha value is -2.51. The monoisotopic (exact) mass is 408 g/mol. The normalized spacial score (nSPS) is 31.8. The van der Waals surface area contributed by atoms with Crippen molar-refractivity contribution >= 4 is 12.0 Å². The number of benzene rings is 1. The van der Waals surface area contributed by atoms with Crippen LogP contribution in [0, 0.1) is 5.92 Å². The molecule has 5 nitrogen and oxygen atoms in total. The van der Waals surface area contributed by atoms with Crippen LogP contribution in [-0.2, 0) is 15.7 Å². The first kappa shape index (κ1) is 19.8. The Bertz CT molecular complexity index is 815. The van der Waals surface area contributed by atoms with Gasteiger partial charge in [0.1, 0.15) is 6.61 Å². The summed E-state index contributed by atoms with van der Waals surface area (Å²) >= 11 is 0. The van der Waals surface area contributed by atoms with E-state index in [1.165, 1.54) is 12.1 Å². The molecule has 156 valence electrons. The van der Waals surface area contributed by atoms with Gasteiger partial charge in [-0.1, -0.05) is 18.2 Å². The highest BCUT2D eigenvalue weighted by molar-refractivity contribution is 5.82. The van der Waals surface area contributed by atoms with Crippen LogP contribution in [0.15, 0.2) is 36.9 Å². The molecule has 2 amide bonds. The predicted molar refractivity (Wildman–Crippen MR) is 99.1 cm³/mol. The van der Waals surface area contributed by atoms with Crippen LogP contribution in [0.1, 0.15) is 42.7 Å². The Morgan fingerprint density at radius 3 is 2.52 bits per heavy atom. The summed E-state index contributed by atoms with van der Waals surface area (Å²) in [6, 6.07) is 5.13. The third-order valence-electron chi connectivity index (χ3n) is 6.38. The summed E-state index contributed by atoms with van der Waals surface area (Å²) in [6.45, 7) is 4.69. The molecule has 1 N–H and O–H groups in total. The number of nitrogens with zero attached hydrogens (tertiary/aromatic N) is 1. The van der Waals surface area contributed by atoms with Crippen molar-refractivity contribution in [2.24, 2.45) is 5.92 Å². The van der Waals surface area contributed by atoms with Gasteiger partial charge in [0, 0.05) is 12.5 Å². The number of hydrogen-bond donors (Lipinski definition) is 1. The quantitative estimate of drug-likeness (QED) is 0.773. The highest BCUT2D eigenvalue weighted by atomic mass is 19.4. The minimum absolute atomic E-state index is 0.0487. The van der Waals surface area contributed by atoms with Crippen LogP contribution >= 0.6 is 0 Å². The molecule has 0 radical (unpaired) electrons. The molecule has 2 heterocycles. The van der Waals surface area contributed by atoms with Gasteiger partial charge in [-0.2, -0.15) is 13.2 Å². The maximum Gasteiger partial charge on any atom is 0.416 e. The number of nitrogens with one attached hydrogen (secondary N) is 1.